The van der Waals surface area contributed by atoms with Gasteiger partial charge in [0.05, 0.1) is 6.04 Å². The highest BCUT2D eigenvalue weighted by atomic mass is 32.1. The number of aliphatic imine (C=N–C) groups is 1. The quantitative estimate of drug-likeness (QED) is 0.0560. The second-order valence-corrected chi connectivity index (χ2v) is 8.74. The predicted molar refractivity (Wildman–Crippen MR) is 134 cm³/mol. The van der Waals surface area contributed by atoms with Crippen molar-refractivity contribution in [3.63, 3.8) is 0 Å². The number of nitrogens with two attached hydrogens (primary N) is 3. The van der Waals surface area contributed by atoms with Crippen molar-refractivity contribution < 1.29 is 24.3 Å². The molecular weight excluding hydrogens is 462 g/mol. The highest BCUT2D eigenvalue weighted by Gasteiger charge is 2.32. The van der Waals surface area contributed by atoms with Gasteiger partial charge in [-0.3, -0.25) is 19.4 Å². The van der Waals surface area contributed by atoms with Gasteiger partial charge in [-0.15, -0.1) is 0 Å². The summed E-state index contributed by atoms with van der Waals surface area (Å²) < 4.78 is 0. The third-order valence-electron chi connectivity index (χ3n) is 5.73. The van der Waals surface area contributed by atoms with E-state index in [1.807, 2.05) is 20.8 Å². The molecule has 0 bridgehead atoms. The molecule has 0 aromatic heterocycles. The molecule has 0 saturated carbocycles. The van der Waals surface area contributed by atoms with Crippen LogP contribution in [0.2, 0.25) is 0 Å². The SMILES string of the molecule is CCC(C)C(N)C(=O)NC(C(=O)NC(CS)C(=O)NC(CCCN=C(N)N)C(=O)O)C(C)CC. The fourth-order valence-corrected chi connectivity index (χ4v) is 3.21. The van der Waals surface area contributed by atoms with Crippen LogP contribution < -0.4 is 33.2 Å². The Morgan fingerprint density at radius 1 is 0.912 bits per heavy atom. The summed E-state index contributed by atoms with van der Waals surface area (Å²) in [5, 5.41) is 17.1. The fourth-order valence-electron chi connectivity index (χ4n) is 2.95. The van der Waals surface area contributed by atoms with Gasteiger partial charge in [-0.25, -0.2) is 4.79 Å². The molecule has 0 radical (unpaired) electrons. The normalized spacial score (nSPS) is 16.2. The van der Waals surface area contributed by atoms with Gasteiger partial charge in [-0.05, 0) is 24.7 Å². The summed E-state index contributed by atoms with van der Waals surface area (Å²) in [4.78, 5) is 53.5. The first-order valence-electron chi connectivity index (χ1n) is 11.4. The average Bonchev–Trinajstić information content (AvgIpc) is 2.80. The smallest absolute Gasteiger partial charge is 0.326 e. The van der Waals surface area contributed by atoms with Crippen LogP contribution in [0.4, 0.5) is 0 Å². The number of hydrogen-bond donors (Lipinski definition) is 8. The third kappa shape index (κ3) is 11.1. The Balaban J connectivity index is 5.27. The summed E-state index contributed by atoms with van der Waals surface area (Å²) in [5.41, 5.74) is 16.5. The number of amides is 3. The van der Waals surface area contributed by atoms with E-state index < -0.39 is 47.9 Å². The van der Waals surface area contributed by atoms with E-state index in [0.717, 1.165) is 0 Å². The molecule has 0 heterocycles. The highest BCUT2D eigenvalue weighted by molar-refractivity contribution is 7.80. The van der Waals surface area contributed by atoms with Gasteiger partial charge < -0.3 is 38.3 Å². The van der Waals surface area contributed by atoms with E-state index in [9.17, 15) is 24.3 Å². The predicted octanol–water partition coefficient (Wildman–Crippen LogP) is -1.07. The van der Waals surface area contributed by atoms with Crippen molar-refractivity contribution >= 4 is 42.3 Å². The van der Waals surface area contributed by atoms with Crippen molar-refractivity contribution in [3.8, 4) is 0 Å². The number of carboxylic acids is 1. The topological polar surface area (TPSA) is 215 Å². The second-order valence-electron chi connectivity index (χ2n) is 8.38. The van der Waals surface area contributed by atoms with E-state index in [4.69, 9.17) is 17.2 Å². The van der Waals surface area contributed by atoms with Gasteiger partial charge in [0.2, 0.25) is 17.7 Å². The van der Waals surface area contributed by atoms with Crippen molar-refractivity contribution in [3.05, 3.63) is 0 Å². The third-order valence-corrected chi connectivity index (χ3v) is 6.09. The summed E-state index contributed by atoms with van der Waals surface area (Å²) >= 11 is 4.12. The van der Waals surface area contributed by atoms with Crippen molar-refractivity contribution in [2.75, 3.05) is 12.3 Å². The molecule has 0 aliphatic heterocycles. The number of carboxylic acid groups (broad SMARTS) is 1. The lowest BCUT2D eigenvalue weighted by Gasteiger charge is -2.28. The van der Waals surface area contributed by atoms with Crippen molar-refractivity contribution in [1.82, 2.24) is 16.0 Å². The van der Waals surface area contributed by atoms with Gasteiger partial charge in [-0.1, -0.05) is 40.5 Å². The van der Waals surface area contributed by atoms with Gasteiger partial charge in [0.1, 0.15) is 18.1 Å². The highest BCUT2D eigenvalue weighted by Crippen LogP contribution is 2.11. The van der Waals surface area contributed by atoms with Crippen LogP contribution in [-0.2, 0) is 19.2 Å². The summed E-state index contributed by atoms with van der Waals surface area (Å²) in [6.45, 7) is 7.64. The van der Waals surface area contributed by atoms with Crippen LogP contribution in [0.1, 0.15) is 53.4 Å². The molecule has 34 heavy (non-hydrogen) atoms. The van der Waals surface area contributed by atoms with E-state index in [2.05, 4.69) is 33.6 Å². The number of nitrogens with one attached hydrogen (secondary N) is 3. The molecule has 0 aromatic rings. The minimum absolute atomic E-state index is 0.0726. The molecule has 3 amide bonds. The molecule has 6 unspecified atom stereocenters. The van der Waals surface area contributed by atoms with Crippen LogP contribution in [0, 0.1) is 11.8 Å². The van der Waals surface area contributed by atoms with E-state index in [1.54, 1.807) is 6.92 Å². The Morgan fingerprint density at radius 2 is 1.47 bits per heavy atom. The Hall–Kier alpha value is -2.54. The Morgan fingerprint density at radius 3 is 1.94 bits per heavy atom. The molecule has 13 heteroatoms. The maximum atomic E-state index is 13.0. The number of carbonyl (C=O) groups excluding carboxylic acids is 3. The number of hydrogen-bond acceptors (Lipinski definition) is 7. The van der Waals surface area contributed by atoms with Crippen LogP contribution in [0.25, 0.3) is 0 Å². The maximum absolute atomic E-state index is 13.0. The lowest BCUT2D eigenvalue weighted by molar-refractivity contribution is -0.142. The van der Waals surface area contributed by atoms with E-state index >= 15 is 0 Å². The van der Waals surface area contributed by atoms with Gasteiger partial charge >= 0.3 is 5.97 Å². The standard InChI is InChI=1S/C21H41N7O5S/c1-5-11(3)15(22)18(30)28-16(12(4)6-2)19(31)27-14(10-34)17(29)26-13(20(32)33)8-7-9-25-21(23)24/h11-16,34H,5-10,22H2,1-4H3,(H,26,29)(H,27,31)(H,28,30)(H,32,33)(H4,23,24,25). The zero-order valence-corrected chi connectivity index (χ0v) is 21.3. The molecule has 0 aliphatic carbocycles. The van der Waals surface area contributed by atoms with Crippen molar-refractivity contribution in [1.29, 1.82) is 0 Å². The monoisotopic (exact) mass is 503 g/mol. The molecule has 0 rings (SSSR count). The largest absolute Gasteiger partial charge is 0.480 e. The van der Waals surface area contributed by atoms with Gasteiger partial charge in [-0.2, -0.15) is 12.6 Å². The lowest BCUT2D eigenvalue weighted by Crippen LogP contribution is -2.59. The number of thiol groups is 1. The van der Waals surface area contributed by atoms with Crippen LogP contribution in [0.3, 0.4) is 0 Å². The number of rotatable bonds is 16. The number of nitrogens with zero attached hydrogens (tertiary/aromatic N) is 1. The molecule has 10 N–H and O–H groups in total. The second kappa shape index (κ2) is 16.1. The summed E-state index contributed by atoms with van der Waals surface area (Å²) in [6, 6.07) is -4.00. The van der Waals surface area contributed by atoms with Crippen LogP contribution in [-0.4, -0.2) is 71.2 Å². The Kier molecular flexibility index (Phi) is 14.9. The zero-order valence-electron chi connectivity index (χ0n) is 20.4. The Bertz CT molecular complexity index is 718. The fraction of sp³-hybridized carbons (Fsp3) is 0.762. The zero-order chi connectivity index (χ0) is 26.4. The summed E-state index contributed by atoms with van der Waals surface area (Å²) in [7, 11) is 0. The average molecular weight is 504 g/mol. The Labute approximate surface area is 206 Å². The first-order chi connectivity index (χ1) is 15.9. The molecule has 0 spiro atoms. The maximum Gasteiger partial charge on any atom is 0.326 e. The van der Waals surface area contributed by atoms with Crippen LogP contribution in [0.15, 0.2) is 4.99 Å². The summed E-state index contributed by atoms with van der Waals surface area (Å²) in [5.74, 6) is -3.46. The van der Waals surface area contributed by atoms with Gasteiger partial charge in [0, 0.05) is 12.3 Å². The number of guanidine groups is 1. The first kappa shape index (κ1) is 31.5. The molecule has 6 atom stereocenters. The molecule has 0 saturated heterocycles. The van der Waals surface area contributed by atoms with E-state index in [-0.39, 0.29) is 36.5 Å². The van der Waals surface area contributed by atoms with Gasteiger partial charge in [0.25, 0.3) is 0 Å². The van der Waals surface area contributed by atoms with Gasteiger partial charge in [0.15, 0.2) is 5.96 Å². The lowest BCUT2D eigenvalue weighted by atomic mass is 9.95. The van der Waals surface area contributed by atoms with Crippen molar-refractivity contribution in [2.24, 2.45) is 34.0 Å². The van der Waals surface area contributed by atoms with E-state index in [1.165, 1.54) is 0 Å². The van der Waals surface area contributed by atoms with Crippen LogP contribution >= 0.6 is 12.6 Å². The minimum Gasteiger partial charge on any atom is -0.480 e. The molecule has 196 valence electrons. The molecule has 0 fully saturated rings. The first-order valence-corrected chi connectivity index (χ1v) is 12.1. The molecule has 0 aliphatic rings. The minimum atomic E-state index is -1.23. The number of aliphatic carboxylic acids is 1. The van der Waals surface area contributed by atoms with E-state index in [0.29, 0.717) is 19.3 Å². The van der Waals surface area contributed by atoms with Crippen molar-refractivity contribution in [2.45, 2.75) is 77.5 Å². The molecule has 12 nitrogen and oxygen atoms in total. The van der Waals surface area contributed by atoms with Crippen LogP contribution in [0.5, 0.6) is 0 Å². The molecule has 0 aromatic carbocycles. The number of carbonyl (C=O) groups is 4. The molecular formula is C21H41N7O5S. The summed E-state index contributed by atoms with van der Waals surface area (Å²) in [6.07, 6.45) is 1.70.